The van der Waals surface area contributed by atoms with Gasteiger partial charge in [-0.05, 0) is 51.2 Å². The molecule has 0 bridgehead atoms. The lowest BCUT2D eigenvalue weighted by Crippen LogP contribution is -2.31. The van der Waals surface area contributed by atoms with Crippen molar-refractivity contribution in [2.24, 2.45) is 5.92 Å². The van der Waals surface area contributed by atoms with Crippen molar-refractivity contribution in [2.75, 3.05) is 32.7 Å². The molecule has 2 atom stereocenters. The van der Waals surface area contributed by atoms with Crippen molar-refractivity contribution in [3.63, 3.8) is 0 Å². The van der Waals surface area contributed by atoms with Crippen molar-refractivity contribution in [3.05, 3.63) is 18.2 Å². The molecule has 2 unspecified atom stereocenters. The third-order valence-electron chi connectivity index (χ3n) is 4.74. The first-order chi connectivity index (χ1) is 9.83. The maximum absolute atomic E-state index is 4.40. The summed E-state index contributed by atoms with van der Waals surface area (Å²) in [5.41, 5.74) is 1.44. The molecule has 20 heavy (non-hydrogen) atoms. The second-order valence-corrected chi connectivity index (χ2v) is 6.63. The van der Waals surface area contributed by atoms with Gasteiger partial charge in [0.15, 0.2) is 0 Å². The fourth-order valence-electron chi connectivity index (χ4n) is 3.73. The van der Waals surface area contributed by atoms with Gasteiger partial charge in [-0.25, -0.2) is 4.98 Å². The van der Waals surface area contributed by atoms with Crippen molar-refractivity contribution in [1.29, 1.82) is 0 Å². The van der Waals surface area contributed by atoms with Crippen LogP contribution in [0.3, 0.4) is 0 Å². The van der Waals surface area contributed by atoms with Gasteiger partial charge in [-0.1, -0.05) is 6.92 Å². The number of nitrogens with one attached hydrogen (secondary N) is 1. The van der Waals surface area contributed by atoms with Gasteiger partial charge in [0.25, 0.3) is 0 Å². The van der Waals surface area contributed by atoms with E-state index in [-0.39, 0.29) is 0 Å². The van der Waals surface area contributed by atoms with E-state index in [2.05, 4.69) is 32.9 Å². The Hall–Kier alpha value is -0.870. The summed E-state index contributed by atoms with van der Waals surface area (Å²) >= 11 is 0. The van der Waals surface area contributed by atoms with Crippen molar-refractivity contribution in [3.8, 4) is 0 Å². The van der Waals surface area contributed by atoms with E-state index in [1.807, 2.05) is 6.33 Å². The number of hydrogen-bond donors (Lipinski definition) is 1. The molecule has 3 heterocycles. The summed E-state index contributed by atoms with van der Waals surface area (Å²) in [5, 5.41) is 3.51. The first-order valence-electron chi connectivity index (χ1n) is 8.26. The standard InChI is InChI=1S/C16H28N4/c1-14(11-19-7-2-3-8-19)12-20-13-18-10-16(20)15-5-4-6-17-9-15/h10,13-15,17H,2-9,11-12H2,1H3. The molecule has 0 saturated carbocycles. The van der Waals surface area contributed by atoms with Crippen LogP contribution in [0.5, 0.6) is 0 Å². The number of rotatable bonds is 5. The third kappa shape index (κ3) is 3.41. The number of imidazole rings is 1. The summed E-state index contributed by atoms with van der Waals surface area (Å²) in [6.45, 7) is 9.62. The Morgan fingerprint density at radius 3 is 2.90 bits per heavy atom. The van der Waals surface area contributed by atoms with Crippen molar-refractivity contribution in [2.45, 2.75) is 45.1 Å². The predicted molar refractivity (Wildman–Crippen MR) is 81.9 cm³/mol. The average molecular weight is 276 g/mol. The molecule has 0 radical (unpaired) electrons. The third-order valence-corrected chi connectivity index (χ3v) is 4.74. The number of nitrogens with zero attached hydrogens (tertiary/aromatic N) is 3. The SMILES string of the molecule is CC(CN1CCCC1)Cn1cncc1C1CCCNC1. The Morgan fingerprint density at radius 1 is 1.30 bits per heavy atom. The molecular weight excluding hydrogens is 248 g/mol. The van der Waals surface area contributed by atoms with Gasteiger partial charge in [-0.3, -0.25) is 0 Å². The molecule has 1 N–H and O–H groups in total. The summed E-state index contributed by atoms with van der Waals surface area (Å²) in [7, 11) is 0. The Kier molecular flexibility index (Phi) is 4.73. The van der Waals surface area contributed by atoms with Gasteiger partial charge in [0.05, 0.1) is 6.33 Å². The van der Waals surface area contributed by atoms with Gasteiger partial charge in [-0.2, -0.15) is 0 Å². The summed E-state index contributed by atoms with van der Waals surface area (Å²) in [6.07, 6.45) is 9.48. The highest BCUT2D eigenvalue weighted by Gasteiger charge is 2.20. The summed E-state index contributed by atoms with van der Waals surface area (Å²) in [4.78, 5) is 7.02. The normalized spacial score (nSPS) is 25.9. The van der Waals surface area contributed by atoms with Gasteiger partial charge in [0.2, 0.25) is 0 Å². The number of likely N-dealkylation sites (tertiary alicyclic amines) is 1. The topological polar surface area (TPSA) is 33.1 Å². The average Bonchev–Trinajstić information content (AvgIpc) is 3.11. The van der Waals surface area contributed by atoms with Crippen LogP contribution in [0.25, 0.3) is 0 Å². The maximum Gasteiger partial charge on any atom is 0.0948 e. The van der Waals surface area contributed by atoms with E-state index in [0.717, 1.165) is 13.1 Å². The molecule has 0 aliphatic carbocycles. The summed E-state index contributed by atoms with van der Waals surface area (Å²) < 4.78 is 2.40. The zero-order valence-electron chi connectivity index (χ0n) is 12.7. The summed E-state index contributed by atoms with van der Waals surface area (Å²) in [5.74, 6) is 1.36. The minimum atomic E-state index is 0.658. The van der Waals surface area contributed by atoms with Crippen LogP contribution in [0.2, 0.25) is 0 Å². The Labute approximate surface area is 122 Å². The van der Waals surface area contributed by atoms with Gasteiger partial charge in [0, 0.05) is 37.4 Å². The fourth-order valence-corrected chi connectivity index (χ4v) is 3.73. The van der Waals surface area contributed by atoms with Crippen molar-refractivity contribution >= 4 is 0 Å². The molecule has 0 amide bonds. The molecule has 1 aromatic rings. The highest BCUT2D eigenvalue weighted by atomic mass is 15.1. The Balaban J connectivity index is 1.57. The number of piperidine rings is 1. The molecule has 2 saturated heterocycles. The minimum absolute atomic E-state index is 0.658. The highest BCUT2D eigenvalue weighted by Crippen LogP contribution is 2.23. The van der Waals surface area contributed by atoms with E-state index in [0.29, 0.717) is 11.8 Å². The lowest BCUT2D eigenvalue weighted by Gasteiger charge is -2.26. The molecule has 0 spiro atoms. The number of hydrogen-bond acceptors (Lipinski definition) is 3. The zero-order valence-corrected chi connectivity index (χ0v) is 12.7. The second kappa shape index (κ2) is 6.72. The van der Waals surface area contributed by atoms with Crippen LogP contribution in [-0.4, -0.2) is 47.2 Å². The lowest BCUT2D eigenvalue weighted by molar-refractivity contribution is 0.269. The van der Waals surface area contributed by atoms with E-state index in [4.69, 9.17) is 0 Å². The zero-order chi connectivity index (χ0) is 13.8. The van der Waals surface area contributed by atoms with Gasteiger partial charge in [-0.15, -0.1) is 0 Å². The highest BCUT2D eigenvalue weighted by molar-refractivity contribution is 5.08. The second-order valence-electron chi connectivity index (χ2n) is 6.63. The van der Waals surface area contributed by atoms with Crippen LogP contribution in [0, 0.1) is 5.92 Å². The monoisotopic (exact) mass is 276 g/mol. The van der Waals surface area contributed by atoms with Crippen LogP contribution in [0.1, 0.15) is 44.2 Å². The number of aromatic nitrogens is 2. The largest absolute Gasteiger partial charge is 0.334 e. The van der Waals surface area contributed by atoms with Gasteiger partial charge >= 0.3 is 0 Å². The smallest absolute Gasteiger partial charge is 0.0948 e. The molecule has 2 aliphatic heterocycles. The molecule has 0 aromatic carbocycles. The molecule has 2 fully saturated rings. The van der Waals surface area contributed by atoms with E-state index in [9.17, 15) is 0 Å². The molecule has 112 valence electrons. The maximum atomic E-state index is 4.40. The summed E-state index contributed by atoms with van der Waals surface area (Å²) in [6, 6.07) is 0. The molecule has 4 heteroatoms. The predicted octanol–water partition coefficient (Wildman–Crippen LogP) is 2.08. The Bertz CT molecular complexity index is 402. The first kappa shape index (κ1) is 14.1. The van der Waals surface area contributed by atoms with Crippen molar-refractivity contribution < 1.29 is 0 Å². The first-order valence-corrected chi connectivity index (χ1v) is 8.26. The Morgan fingerprint density at radius 2 is 2.15 bits per heavy atom. The molecule has 4 nitrogen and oxygen atoms in total. The molecule has 1 aromatic heterocycles. The van der Waals surface area contributed by atoms with Crippen LogP contribution < -0.4 is 5.32 Å². The lowest BCUT2D eigenvalue weighted by atomic mass is 9.96. The minimum Gasteiger partial charge on any atom is -0.334 e. The fraction of sp³-hybridized carbons (Fsp3) is 0.812. The van der Waals surface area contributed by atoms with E-state index in [1.54, 1.807) is 0 Å². The van der Waals surface area contributed by atoms with E-state index >= 15 is 0 Å². The van der Waals surface area contributed by atoms with E-state index in [1.165, 1.54) is 57.6 Å². The van der Waals surface area contributed by atoms with E-state index < -0.39 is 0 Å². The van der Waals surface area contributed by atoms with Crippen LogP contribution in [-0.2, 0) is 6.54 Å². The van der Waals surface area contributed by atoms with Gasteiger partial charge in [0.1, 0.15) is 0 Å². The van der Waals surface area contributed by atoms with Crippen LogP contribution >= 0.6 is 0 Å². The van der Waals surface area contributed by atoms with Crippen LogP contribution in [0.4, 0.5) is 0 Å². The molecular formula is C16H28N4. The molecule has 3 rings (SSSR count). The quantitative estimate of drug-likeness (QED) is 0.894. The van der Waals surface area contributed by atoms with Gasteiger partial charge < -0.3 is 14.8 Å². The van der Waals surface area contributed by atoms with Crippen LogP contribution in [0.15, 0.2) is 12.5 Å². The molecule has 2 aliphatic rings. The van der Waals surface area contributed by atoms with Crippen molar-refractivity contribution in [1.82, 2.24) is 19.8 Å².